The third-order valence-electron chi connectivity index (χ3n) is 7.15. The first kappa shape index (κ1) is 47.3. The van der Waals surface area contributed by atoms with Crippen LogP contribution in [-0.4, -0.2) is 75.5 Å². The molecule has 0 rings (SSSR count). The van der Waals surface area contributed by atoms with Crippen LogP contribution in [0.15, 0.2) is 24.3 Å². The first-order valence-corrected chi connectivity index (χ1v) is 16.8. The Kier molecular flexibility index (Phi) is 24.9. The van der Waals surface area contributed by atoms with E-state index >= 15 is 0 Å². The van der Waals surface area contributed by atoms with Gasteiger partial charge in [-0.3, -0.25) is 9.59 Å². The van der Waals surface area contributed by atoms with Crippen LogP contribution in [0.3, 0.4) is 0 Å². The van der Waals surface area contributed by atoms with E-state index < -0.39 is 47.9 Å². The van der Waals surface area contributed by atoms with E-state index in [-0.39, 0.29) is 11.9 Å². The number of hydrogen-bond acceptors (Lipinski definition) is 12. The fourth-order valence-electron chi connectivity index (χ4n) is 2.95. The molecule has 0 aliphatic rings. The maximum Gasteiger partial charge on any atom is 0.335 e. The molecule has 0 aliphatic heterocycles. The number of hydrogen-bond donors (Lipinski definition) is 0. The molecule has 0 amide bonds. The van der Waals surface area contributed by atoms with Gasteiger partial charge in [-0.15, -0.1) is 0 Å². The van der Waals surface area contributed by atoms with E-state index in [1.54, 1.807) is 41.5 Å². The molecule has 0 aromatic rings. The number of ether oxygens (including phenoxy) is 8. The predicted molar refractivity (Wildman–Crippen MR) is 182 cm³/mol. The van der Waals surface area contributed by atoms with Crippen LogP contribution in [0, 0.1) is 10.8 Å². The van der Waals surface area contributed by atoms with Gasteiger partial charge in [0.2, 0.25) is 0 Å². The first-order chi connectivity index (χ1) is 22.2. The SMILES string of the molecule is C=C(C)C(=O)OC(C)OCCCCOC(C)OC(=O)C(=C)C.CCC(C)(C)C(=O)OC(C)OCCCCOC(C)OC(=O)C(C)(C)CC. The van der Waals surface area contributed by atoms with Gasteiger partial charge in [-0.1, -0.05) is 27.0 Å². The minimum atomic E-state index is -0.611. The highest BCUT2D eigenvalue weighted by Gasteiger charge is 2.29. The molecule has 4 atom stereocenters. The Labute approximate surface area is 289 Å². The molecule has 280 valence electrons. The lowest BCUT2D eigenvalue weighted by Gasteiger charge is -2.24. The molecule has 0 radical (unpaired) electrons. The van der Waals surface area contributed by atoms with Crippen LogP contribution < -0.4 is 0 Å². The van der Waals surface area contributed by atoms with Crippen molar-refractivity contribution in [2.45, 2.75) is 147 Å². The van der Waals surface area contributed by atoms with E-state index in [0.717, 1.165) is 25.7 Å². The summed E-state index contributed by atoms with van der Waals surface area (Å²) in [5, 5.41) is 0. The van der Waals surface area contributed by atoms with Gasteiger partial charge in [0.25, 0.3) is 0 Å². The van der Waals surface area contributed by atoms with Crippen molar-refractivity contribution in [2.24, 2.45) is 10.8 Å². The van der Waals surface area contributed by atoms with Crippen LogP contribution >= 0.6 is 0 Å². The number of carbonyl (C=O) groups excluding carboxylic acids is 4. The quantitative estimate of drug-likeness (QED) is 0.0333. The molecule has 0 aromatic heterocycles. The summed E-state index contributed by atoms with van der Waals surface area (Å²) in [6, 6.07) is 0. The molecule has 12 heteroatoms. The fraction of sp³-hybridized carbons (Fsp3) is 0.778. The zero-order valence-corrected chi connectivity index (χ0v) is 31.7. The third kappa shape index (κ3) is 23.5. The van der Waals surface area contributed by atoms with Gasteiger partial charge >= 0.3 is 23.9 Å². The third-order valence-corrected chi connectivity index (χ3v) is 7.15. The van der Waals surface area contributed by atoms with Gasteiger partial charge in [0, 0.05) is 11.1 Å². The van der Waals surface area contributed by atoms with Crippen molar-refractivity contribution in [1.29, 1.82) is 0 Å². The van der Waals surface area contributed by atoms with Crippen molar-refractivity contribution in [1.82, 2.24) is 0 Å². The van der Waals surface area contributed by atoms with Crippen molar-refractivity contribution in [3.05, 3.63) is 24.3 Å². The van der Waals surface area contributed by atoms with E-state index in [9.17, 15) is 19.2 Å². The topological polar surface area (TPSA) is 142 Å². The Morgan fingerprint density at radius 3 is 0.938 bits per heavy atom. The number of rotatable bonds is 24. The van der Waals surface area contributed by atoms with Gasteiger partial charge in [-0.25, -0.2) is 9.59 Å². The molecule has 0 aromatic carbocycles. The molecule has 12 nitrogen and oxygen atoms in total. The lowest BCUT2D eigenvalue weighted by Crippen LogP contribution is -2.30. The highest BCUT2D eigenvalue weighted by molar-refractivity contribution is 5.87. The molecule has 48 heavy (non-hydrogen) atoms. The summed E-state index contributed by atoms with van der Waals surface area (Å²) in [7, 11) is 0. The molecule has 4 unspecified atom stereocenters. The minimum Gasteiger partial charge on any atom is -0.436 e. The largest absolute Gasteiger partial charge is 0.436 e. The van der Waals surface area contributed by atoms with E-state index in [2.05, 4.69) is 13.2 Å². The molecule has 0 saturated carbocycles. The number of carbonyl (C=O) groups is 4. The van der Waals surface area contributed by atoms with Crippen LogP contribution in [0.5, 0.6) is 0 Å². The van der Waals surface area contributed by atoms with Crippen molar-refractivity contribution >= 4 is 23.9 Å². The molecule has 0 saturated heterocycles. The first-order valence-electron chi connectivity index (χ1n) is 16.8. The fourth-order valence-corrected chi connectivity index (χ4v) is 2.95. The van der Waals surface area contributed by atoms with E-state index in [4.69, 9.17) is 37.9 Å². The van der Waals surface area contributed by atoms with Crippen LogP contribution in [-0.2, 0) is 57.1 Å². The zero-order valence-electron chi connectivity index (χ0n) is 31.7. The van der Waals surface area contributed by atoms with Crippen molar-refractivity contribution in [3.8, 4) is 0 Å². The van der Waals surface area contributed by atoms with Crippen molar-refractivity contribution in [3.63, 3.8) is 0 Å². The molecule has 0 fully saturated rings. The summed E-state index contributed by atoms with van der Waals surface area (Å²) in [6.07, 6.45) is 2.08. The number of esters is 4. The Morgan fingerprint density at radius 1 is 0.500 bits per heavy atom. The van der Waals surface area contributed by atoms with Crippen LogP contribution in [0.4, 0.5) is 0 Å². The normalized spacial score (nSPS) is 13.9. The average molecular weight is 689 g/mol. The second-order valence-corrected chi connectivity index (χ2v) is 12.8. The summed E-state index contributed by atoms with van der Waals surface area (Å²) >= 11 is 0. The highest BCUT2D eigenvalue weighted by atomic mass is 16.7. The molecule has 0 bridgehead atoms. The Bertz CT molecular complexity index is 909. The molecule has 0 aliphatic carbocycles. The maximum atomic E-state index is 11.9. The summed E-state index contributed by atoms with van der Waals surface area (Å²) in [5.74, 6) is -1.43. The maximum absolute atomic E-state index is 11.9. The summed E-state index contributed by atoms with van der Waals surface area (Å²) in [5.41, 5.74) is -0.319. The van der Waals surface area contributed by atoms with Crippen LogP contribution in [0.1, 0.15) is 122 Å². The molecule has 0 heterocycles. The standard InChI is InChI=1S/C20H38O6.C16H26O6/c1-9-19(5,6)17(21)25-15(3)23-13-11-12-14-24-16(4)26-18(22)20(7,8)10-2;1-11(2)15(17)21-13(5)19-9-7-8-10-20-14(6)22-16(18)12(3)4/h15-16H,9-14H2,1-8H3;13-14H,1,3,7-10H2,2,4-6H3. The number of unbranched alkanes of at least 4 members (excludes halogenated alkanes) is 2. The van der Waals surface area contributed by atoms with E-state index in [1.807, 2.05) is 41.5 Å². The van der Waals surface area contributed by atoms with Crippen LogP contribution in [0.25, 0.3) is 0 Å². The smallest absolute Gasteiger partial charge is 0.335 e. The van der Waals surface area contributed by atoms with E-state index in [1.165, 1.54) is 0 Å². The molecule has 0 N–H and O–H groups in total. The van der Waals surface area contributed by atoms with Gasteiger partial charge < -0.3 is 37.9 Å². The molecular formula is C36H64O12. The zero-order chi connectivity index (χ0) is 37.5. The average Bonchev–Trinajstić information content (AvgIpc) is 3.00. The highest BCUT2D eigenvalue weighted by Crippen LogP contribution is 2.23. The summed E-state index contributed by atoms with van der Waals surface area (Å²) in [4.78, 5) is 46.3. The van der Waals surface area contributed by atoms with Gasteiger partial charge in [-0.05, 0) is 108 Å². The molecular weight excluding hydrogens is 624 g/mol. The lowest BCUT2D eigenvalue weighted by atomic mass is 9.91. The Hall–Kier alpha value is -2.80. The van der Waals surface area contributed by atoms with Gasteiger partial charge in [0.1, 0.15) is 0 Å². The van der Waals surface area contributed by atoms with E-state index in [0.29, 0.717) is 50.4 Å². The predicted octanol–water partition coefficient (Wildman–Crippen LogP) is 7.18. The summed E-state index contributed by atoms with van der Waals surface area (Å²) in [6.45, 7) is 30.0. The second kappa shape index (κ2) is 25.2. The monoisotopic (exact) mass is 688 g/mol. The lowest BCUT2D eigenvalue weighted by molar-refractivity contribution is -0.188. The van der Waals surface area contributed by atoms with Gasteiger partial charge in [-0.2, -0.15) is 0 Å². The van der Waals surface area contributed by atoms with Crippen molar-refractivity contribution < 1.29 is 57.1 Å². The second-order valence-electron chi connectivity index (χ2n) is 12.8. The van der Waals surface area contributed by atoms with Gasteiger partial charge in [0.15, 0.2) is 25.2 Å². The summed E-state index contributed by atoms with van der Waals surface area (Å²) < 4.78 is 42.2. The Morgan fingerprint density at radius 2 is 0.729 bits per heavy atom. The minimum absolute atomic E-state index is 0.249. The van der Waals surface area contributed by atoms with Gasteiger partial charge in [0.05, 0.1) is 37.3 Å². The van der Waals surface area contributed by atoms with Crippen molar-refractivity contribution in [2.75, 3.05) is 26.4 Å². The Balaban J connectivity index is 0. The molecule has 0 spiro atoms. The van der Waals surface area contributed by atoms with Crippen LogP contribution in [0.2, 0.25) is 0 Å².